The molecule has 14 heavy (non-hydrogen) atoms. The molecule has 3 nitrogen and oxygen atoms in total. The van der Waals surface area contributed by atoms with Gasteiger partial charge in [0, 0.05) is 5.57 Å². The van der Waals surface area contributed by atoms with E-state index in [1.807, 2.05) is 6.92 Å². The van der Waals surface area contributed by atoms with Gasteiger partial charge in [0.2, 0.25) is 5.91 Å². The largest absolute Gasteiger partial charge is 0.494 e. The molecule has 0 saturated heterocycles. The average molecular weight is 191 g/mol. The molecule has 0 aliphatic rings. The number of rotatable bonds is 4. The van der Waals surface area contributed by atoms with Crippen molar-refractivity contribution in [3.05, 3.63) is 36.4 Å². The Morgan fingerprint density at radius 1 is 1.43 bits per heavy atom. The molecule has 0 spiro atoms. The van der Waals surface area contributed by atoms with Gasteiger partial charge in [0.1, 0.15) is 5.75 Å². The molecule has 0 aliphatic carbocycles. The molecule has 1 aromatic rings. The molecule has 1 aromatic carbocycles. The molecule has 0 heterocycles. The molecule has 0 fully saturated rings. The van der Waals surface area contributed by atoms with Crippen LogP contribution in [0.4, 0.5) is 0 Å². The molecule has 0 aliphatic heterocycles. The molecule has 0 unspecified atom stereocenters. The van der Waals surface area contributed by atoms with Crippen LogP contribution >= 0.6 is 0 Å². The number of ether oxygens (including phenoxy) is 1. The highest BCUT2D eigenvalue weighted by atomic mass is 16.5. The Hall–Kier alpha value is -1.77. The van der Waals surface area contributed by atoms with Crippen LogP contribution in [0, 0.1) is 0 Å². The topological polar surface area (TPSA) is 52.3 Å². The lowest BCUT2D eigenvalue weighted by Crippen LogP contribution is -2.11. The summed E-state index contributed by atoms with van der Waals surface area (Å²) in [4.78, 5) is 10.8. The van der Waals surface area contributed by atoms with Gasteiger partial charge in [-0.1, -0.05) is 18.7 Å². The number of carbonyl (C=O) groups is 1. The quantitative estimate of drug-likeness (QED) is 0.734. The molecule has 0 aromatic heterocycles. The van der Waals surface area contributed by atoms with Crippen molar-refractivity contribution < 1.29 is 9.53 Å². The second-order valence-corrected chi connectivity index (χ2v) is 2.80. The summed E-state index contributed by atoms with van der Waals surface area (Å²) >= 11 is 0. The first-order valence-electron chi connectivity index (χ1n) is 4.37. The summed E-state index contributed by atoms with van der Waals surface area (Å²) in [5.74, 6) is 0.266. The van der Waals surface area contributed by atoms with Crippen LogP contribution in [0.2, 0.25) is 0 Å². The Morgan fingerprint density at radius 3 is 2.43 bits per heavy atom. The second-order valence-electron chi connectivity index (χ2n) is 2.80. The highest BCUT2D eigenvalue weighted by molar-refractivity contribution is 6.17. The lowest BCUT2D eigenvalue weighted by molar-refractivity contribution is -0.112. The van der Waals surface area contributed by atoms with Gasteiger partial charge in [-0.25, -0.2) is 0 Å². The fourth-order valence-electron chi connectivity index (χ4n) is 1.06. The van der Waals surface area contributed by atoms with Gasteiger partial charge in [0.25, 0.3) is 0 Å². The second kappa shape index (κ2) is 4.46. The molecule has 0 atom stereocenters. The zero-order chi connectivity index (χ0) is 10.6. The number of benzene rings is 1. The van der Waals surface area contributed by atoms with E-state index in [1.54, 1.807) is 24.3 Å². The van der Waals surface area contributed by atoms with Crippen LogP contribution in [0.5, 0.6) is 5.75 Å². The van der Waals surface area contributed by atoms with Gasteiger partial charge in [-0.15, -0.1) is 0 Å². The third-order valence-electron chi connectivity index (χ3n) is 1.81. The fraction of sp³-hybridized carbons (Fsp3) is 0.182. The van der Waals surface area contributed by atoms with Gasteiger partial charge in [-0.05, 0) is 24.6 Å². The normalized spacial score (nSPS) is 9.50. The molecular weight excluding hydrogens is 178 g/mol. The average Bonchev–Trinajstić information content (AvgIpc) is 2.18. The Labute approximate surface area is 83.2 Å². The van der Waals surface area contributed by atoms with Crippen molar-refractivity contribution in [3.63, 3.8) is 0 Å². The van der Waals surface area contributed by atoms with Gasteiger partial charge in [-0.3, -0.25) is 4.79 Å². The number of hydrogen-bond donors (Lipinski definition) is 1. The zero-order valence-corrected chi connectivity index (χ0v) is 8.12. The Bertz CT molecular complexity index is 341. The molecular formula is C11H13NO2. The number of nitrogens with two attached hydrogens (primary N) is 1. The van der Waals surface area contributed by atoms with Gasteiger partial charge >= 0.3 is 0 Å². The van der Waals surface area contributed by atoms with E-state index in [-0.39, 0.29) is 0 Å². The molecule has 1 rings (SSSR count). The number of amides is 1. The number of carbonyl (C=O) groups excluding carboxylic acids is 1. The molecule has 3 heteroatoms. The minimum atomic E-state index is -0.505. The summed E-state index contributed by atoms with van der Waals surface area (Å²) in [5, 5.41) is 0. The van der Waals surface area contributed by atoms with E-state index in [0.29, 0.717) is 12.2 Å². The van der Waals surface area contributed by atoms with Crippen LogP contribution in [0.15, 0.2) is 30.8 Å². The minimum absolute atomic E-state index is 0.313. The van der Waals surface area contributed by atoms with Crippen LogP contribution < -0.4 is 10.5 Å². The van der Waals surface area contributed by atoms with Gasteiger partial charge in [0.05, 0.1) is 6.61 Å². The summed E-state index contributed by atoms with van der Waals surface area (Å²) in [6.45, 7) is 6.12. The van der Waals surface area contributed by atoms with Crippen molar-refractivity contribution in [1.82, 2.24) is 0 Å². The van der Waals surface area contributed by atoms with Crippen molar-refractivity contribution in [2.24, 2.45) is 5.73 Å². The van der Waals surface area contributed by atoms with Crippen LogP contribution in [-0.4, -0.2) is 12.5 Å². The molecule has 74 valence electrons. The van der Waals surface area contributed by atoms with Crippen molar-refractivity contribution in [2.45, 2.75) is 6.92 Å². The third-order valence-corrected chi connectivity index (χ3v) is 1.81. The molecule has 1 amide bonds. The van der Waals surface area contributed by atoms with E-state index >= 15 is 0 Å². The maximum atomic E-state index is 10.8. The van der Waals surface area contributed by atoms with Crippen molar-refractivity contribution >= 4 is 11.5 Å². The number of primary amides is 1. The van der Waals surface area contributed by atoms with E-state index in [1.165, 1.54) is 0 Å². The first kappa shape index (κ1) is 10.3. The fourth-order valence-corrected chi connectivity index (χ4v) is 1.06. The first-order chi connectivity index (χ1) is 6.65. The lowest BCUT2D eigenvalue weighted by atomic mass is 10.1. The van der Waals surface area contributed by atoms with Gasteiger partial charge in [0.15, 0.2) is 0 Å². The summed E-state index contributed by atoms with van der Waals surface area (Å²) in [6, 6.07) is 7.09. The molecule has 0 radical (unpaired) electrons. The SMILES string of the molecule is C=C(C(N)=O)c1ccc(OCC)cc1. The lowest BCUT2D eigenvalue weighted by Gasteiger charge is -2.04. The maximum absolute atomic E-state index is 10.8. The zero-order valence-electron chi connectivity index (χ0n) is 8.12. The van der Waals surface area contributed by atoms with Crippen LogP contribution in [0.3, 0.4) is 0 Å². The standard InChI is InChI=1S/C11H13NO2/c1-3-14-10-6-4-9(5-7-10)8(2)11(12)13/h4-7H,2-3H2,1H3,(H2,12,13). The first-order valence-corrected chi connectivity index (χ1v) is 4.37. The van der Waals surface area contributed by atoms with Crippen LogP contribution in [0.1, 0.15) is 12.5 Å². The van der Waals surface area contributed by atoms with E-state index in [0.717, 1.165) is 11.3 Å². The Balaban J connectivity index is 2.83. The van der Waals surface area contributed by atoms with Crippen molar-refractivity contribution in [1.29, 1.82) is 0 Å². The monoisotopic (exact) mass is 191 g/mol. The summed E-state index contributed by atoms with van der Waals surface area (Å²) in [5.41, 5.74) is 6.13. The Kier molecular flexibility index (Phi) is 3.29. The summed E-state index contributed by atoms with van der Waals surface area (Å²) in [7, 11) is 0. The van der Waals surface area contributed by atoms with E-state index < -0.39 is 5.91 Å². The molecule has 2 N–H and O–H groups in total. The predicted octanol–water partition coefficient (Wildman–Crippen LogP) is 1.58. The minimum Gasteiger partial charge on any atom is -0.494 e. The predicted molar refractivity (Wildman–Crippen MR) is 55.8 cm³/mol. The maximum Gasteiger partial charge on any atom is 0.248 e. The summed E-state index contributed by atoms with van der Waals surface area (Å²) in [6.07, 6.45) is 0. The molecule has 0 saturated carbocycles. The highest BCUT2D eigenvalue weighted by Crippen LogP contribution is 2.17. The van der Waals surface area contributed by atoms with Gasteiger partial charge in [-0.2, -0.15) is 0 Å². The Morgan fingerprint density at radius 2 is 2.00 bits per heavy atom. The van der Waals surface area contributed by atoms with Crippen LogP contribution in [-0.2, 0) is 4.79 Å². The van der Waals surface area contributed by atoms with E-state index in [9.17, 15) is 4.79 Å². The van der Waals surface area contributed by atoms with E-state index in [2.05, 4.69) is 6.58 Å². The van der Waals surface area contributed by atoms with Crippen molar-refractivity contribution in [3.8, 4) is 5.75 Å². The smallest absolute Gasteiger partial charge is 0.248 e. The highest BCUT2D eigenvalue weighted by Gasteiger charge is 2.04. The van der Waals surface area contributed by atoms with Crippen LogP contribution in [0.25, 0.3) is 5.57 Å². The van der Waals surface area contributed by atoms with Gasteiger partial charge < -0.3 is 10.5 Å². The third kappa shape index (κ3) is 2.36. The van der Waals surface area contributed by atoms with Crippen molar-refractivity contribution in [2.75, 3.05) is 6.61 Å². The number of hydrogen-bond acceptors (Lipinski definition) is 2. The summed E-state index contributed by atoms with van der Waals surface area (Å²) < 4.78 is 5.26. The molecule has 0 bridgehead atoms. The van der Waals surface area contributed by atoms with E-state index in [4.69, 9.17) is 10.5 Å².